The Morgan fingerprint density at radius 1 is 1.12 bits per heavy atom. The fourth-order valence-electron chi connectivity index (χ4n) is 4.39. The smallest absolute Gasteiger partial charge is 0.123 e. The minimum absolute atomic E-state index is 0.179. The molecular formula is C24H23N7O. The second-order valence-electron chi connectivity index (χ2n) is 8.40. The van der Waals surface area contributed by atoms with Crippen LogP contribution in [0.5, 0.6) is 5.75 Å². The molecule has 0 aliphatic carbocycles. The molecule has 0 spiro atoms. The average Bonchev–Trinajstić information content (AvgIpc) is 3.43. The van der Waals surface area contributed by atoms with E-state index in [0.717, 1.165) is 57.6 Å². The summed E-state index contributed by atoms with van der Waals surface area (Å²) in [6.45, 7) is 4.08. The van der Waals surface area contributed by atoms with Crippen LogP contribution in [-0.4, -0.2) is 55.0 Å². The number of nitrogens with zero attached hydrogens (tertiary/aromatic N) is 6. The van der Waals surface area contributed by atoms with Crippen molar-refractivity contribution in [1.29, 1.82) is 0 Å². The van der Waals surface area contributed by atoms with E-state index >= 15 is 0 Å². The van der Waals surface area contributed by atoms with Crippen LogP contribution < -0.4 is 4.74 Å². The van der Waals surface area contributed by atoms with Crippen molar-refractivity contribution in [2.45, 2.75) is 19.1 Å². The van der Waals surface area contributed by atoms with Crippen LogP contribution in [0.4, 0.5) is 0 Å². The molecule has 5 aromatic rings. The molecule has 1 unspecified atom stereocenters. The molecule has 1 atom stereocenters. The van der Waals surface area contributed by atoms with Gasteiger partial charge in [-0.25, -0.2) is 0 Å². The molecule has 1 aliphatic rings. The number of hydrogen-bond acceptors (Lipinski definition) is 6. The molecule has 8 heteroatoms. The van der Waals surface area contributed by atoms with Crippen molar-refractivity contribution in [2.24, 2.45) is 0 Å². The number of rotatable bonds is 5. The van der Waals surface area contributed by atoms with Crippen molar-refractivity contribution < 1.29 is 4.74 Å². The SMILES string of the molecule is CC(Oc1ccc2[nH]nc(-c3cnn(C4CN(C)C4)c3)c2c1)c1cccc2nccnc12. The average molecular weight is 425 g/mol. The van der Waals surface area contributed by atoms with Crippen LogP contribution in [0.25, 0.3) is 33.2 Å². The summed E-state index contributed by atoms with van der Waals surface area (Å²) < 4.78 is 8.36. The van der Waals surface area contributed by atoms with Crippen molar-refractivity contribution in [3.8, 4) is 17.0 Å². The number of benzene rings is 2. The van der Waals surface area contributed by atoms with Crippen LogP contribution in [0, 0.1) is 0 Å². The van der Waals surface area contributed by atoms with Gasteiger partial charge in [0.15, 0.2) is 0 Å². The Balaban J connectivity index is 1.30. The summed E-state index contributed by atoms with van der Waals surface area (Å²) in [6.07, 6.45) is 7.21. The first kappa shape index (κ1) is 18.9. The third-order valence-electron chi connectivity index (χ3n) is 6.11. The lowest BCUT2D eigenvalue weighted by Crippen LogP contribution is -2.45. The maximum absolute atomic E-state index is 6.32. The maximum Gasteiger partial charge on any atom is 0.123 e. The molecule has 3 aromatic heterocycles. The van der Waals surface area contributed by atoms with E-state index in [0.29, 0.717) is 6.04 Å². The highest BCUT2D eigenvalue weighted by atomic mass is 16.5. The number of nitrogens with one attached hydrogen (secondary N) is 1. The maximum atomic E-state index is 6.32. The molecule has 1 saturated heterocycles. The number of fused-ring (bicyclic) bond motifs is 2. The molecule has 160 valence electrons. The van der Waals surface area contributed by atoms with Gasteiger partial charge in [-0.1, -0.05) is 12.1 Å². The molecule has 1 fully saturated rings. The van der Waals surface area contributed by atoms with Crippen molar-refractivity contribution in [2.75, 3.05) is 20.1 Å². The first-order chi connectivity index (χ1) is 15.7. The van der Waals surface area contributed by atoms with Gasteiger partial charge < -0.3 is 9.64 Å². The lowest BCUT2D eigenvalue weighted by molar-refractivity contribution is 0.130. The van der Waals surface area contributed by atoms with Crippen LogP contribution in [-0.2, 0) is 0 Å². The van der Waals surface area contributed by atoms with Gasteiger partial charge >= 0.3 is 0 Å². The van der Waals surface area contributed by atoms with Gasteiger partial charge in [0, 0.05) is 48.2 Å². The van der Waals surface area contributed by atoms with Gasteiger partial charge in [-0.05, 0) is 38.2 Å². The summed E-state index contributed by atoms with van der Waals surface area (Å²) in [5, 5.41) is 13.3. The van der Waals surface area contributed by atoms with E-state index in [-0.39, 0.29) is 6.10 Å². The van der Waals surface area contributed by atoms with E-state index in [1.165, 1.54) is 0 Å². The molecule has 8 nitrogen and oxygen atoms in total. The number of likely N-dealkylation sites (tertiary alicyclic amines) is 1. The lowest BCUT2D eigenvalue weighted by Gasteiger charge is -2.36. The fourth-order valence-corrected chi connectivity index (χ4v) is 4.39. The Morgan fingerprint density at radius 2 is 2.00 bits per heavy atom. The third kappa shape index (κ3) is 3.20. The predicted octanol–water partition coefficient (Wildman–Crippen LogP) is 4.00. The topological polar surface area (TPSA) is 84.8 Å². The summed E-state index contributed by atoms with van der Waals surface area (Å²) in [7, 11) is 2.12. The van der Waals surface area contributed by atoms with E-state index in [1.807, 2.05) is 54.2 Å². The number of aromatic nitrogens is 6. The zero-order valence-electron chi connectivity index (χ0n) is 17.9. The molecule has 32 heavy (non-hydrogen) atoms. The molecule has 0 saturated carbocycles. The molecule has 1 N–H and O–H groups in total. The van der Waals surface area contributed by atoms with Crippen molar-refractivity contribution >= 4 is 21.9 Å². The van der Waals surface area contributed by atoms with Crippen molar-refractivity contribution in [3.05, 3.63) is 66.7 Å². The molecule has 6 rings (SSSR count). The van der Waals surface area contributed by atoms with Gasteiger partial charge in [0.25, 0.3) is 0 Å². The van der Waals surface area contributed by atoms with Crippen LogP contribution in [0.2, 0.25) is 0 Å². The Hall–Kier alpha value is -3.78. The fraction of sp³-hybridized carbons (Fsp3) is 0.250. The van der Waals surface area contributed by atoms with E-state index in [1.54, 1.807) is 12.4 Å². The van der Waals surface area contributed by atoms with Gasteiger partial charge in [0.1, 0.15) is 17.5 Å². The first-order valence-electron chi connectivity index (χ1n) is 10.7. The van der Waals surface area contributed by atoms with Crippen LogP contribution in [0.15, 0.2) is 61.2 Å². The summed E-state index contributed by atoms with van der Waals surface area (Å²) in [5.41, 5.74) is 5.58. The van der Waals surface area contributed by atoms with Gasteiger partial charge in [-0.15, -0.1) is 0 Å². The molecule has 4 heterocycles. The number of para-hydroxylation sites is 1. The van der Waals surface area contributed by atoms with E-state index in [4.69, 9.17) is 4.74 Å². The first-order valence-corrected chi connectivity index (χ1v) is 10.7. The Bertz CT molecular complexity index is 1410. The number of ether oxygens (including phenoxy) is 1. The number of likely N-dealkylation sites (N-methyl/N-ethyl adjacent to an activating group) is 1. The lowest BCUT2D eigenvalue weighted by atomic mass is 10.1. The van der Waals surface area contributed by atoms with Crippen LogP contribution >= 0.6 is 0 Å². The zero-order valence-corrected chi connectivity index (χ0v) is 17.9. The summed E-state index contributed by atoms with van der Waals surface area (Å²) in [4.78, 5) is 11.2. The van der Waals surface area contributed by atoms with Gasteiger partial charge in [-0.3, -0.25) is 19.7 Å². The highest BCUT2D eigenvalue weighted by molar-refractivity contribution is 5.93. The minimum atomic E-state index is -0.179. The largest absolute Gasteiger partial charge is 0.486 e. The molecule has 0 bridgehead atoms. The highest BCUT2D eigenvalue weighted by Crippen LogP contribution is 2.32. The Morgan fingerprint density at radius 3 is 2.88 bits per heavy atom. The zero-order chi connectivity index (χ0) is 21.7. The molecule has 0 amide bonds. The van der Waals surface area contributed by atoms with E-state index < -0.39 is 0 Å². The number of hydrogen-bond donors (Lipinski definition) is 1. The predicted molar refractivity (Wildman–Crippen MR) is 122 cm³/mol. The second-order valence-corrected chi connectivity index (χ2v) is 8.40. The molecule has 1 aliphatic heterocycles. The summed E-state index contributed by atoms with van der Waals surface area (Å²) in [6, 6.07) is 12.4. The molecule has 0 radical (unpaired) electrons. The van der Waals surface area contributed by atoms with E-state index in [2.05, 4.69) is 43.4 Å². The quantitative estimate of drug-likeness (QED) is 0.458. The second kappa shape index (κ2) is 7.42. The van der Waals surface area contributed by atoms with Crippen molar-refractivity contribution in [1.82, 2.24) is 34.8 Å². The minimum Gasteiger partial charge on any atom is -0.486 e. The monoisotopic (exact) mass is 425 g/mol. The standard InChI is InChI=1S/C24H23N7O/c1-15(19-4-3-5-22-24(19)26-9-8-25-22)32-18-6-7-21-20(10-18)23(29-28-21)16-11-27-31(12-16)17-13-30(2)14-17/h3-12,15,17H,13-14H2,1-2H3,(H,28,29). The molecular weight excluding hydrogens is 402 g/mol. The Labute approximate surface area is 184 Å². The van der Waals surface area contributed by atoms with Gasteiger partial charge in [0.2, 0.25) is 0 Å². The Kier molecular flexibility index (Phi) is 4.39. The van der Waals surface area contributed by atoms with Crippen LogP contribution in [0.1, 0.15) is 24.6 Å². The van der Waals surface area contributed by atoms with Gasteiger partial charge in [-0.2, -0.15) is 10.2 Å². The summed E-state index contributed by atoms with van der Waals surface area (Å²) >= 11 is 0. The normalized spacial score (nSPS) is 15.8. The number of aromatic amines is 1. The van der Waals surface area contributed by atoms with Crippen molar-refractivity contribution in [3.63, 3.8) is 0 Å². The summed E-state index contributed by atoms with van der Waals surface area (Å²) in [5.74, 6) is 0.779. The number of H-pyrrole nitrogens is 1. The molecule has 2 aromatic carbocycles. The van der Waals surface area contributed by atoms with Crippen LogP contribution in [0.3, 0.4) is 0 Å². The third-order valence-corrected chi connectivity index (χ3v) is 6.11. The van der Waals surface area contributed by atoms with E-state index in [9.17, 15) is 0 Å². The van der Waals surface area contributed by atoms with Gasteiger partial charge in [0.05, 0.1) is 28.8 Å². The highest BCUT2D eigenvalue weighted by Gasteiger charge is 2.26.